The van der Waals surface area contributed by atoms with Crippen molar-refractivity contribution in [3.63, 3.8) is 0 Å². The molecule has 3 N–H and O–H groups in total. The number of rotatable bonds is 5. The van der Waals surface area contributed by atoms with Crippen LogP contribution in [-0.4, -0.2) is 15.0 Å². The van der Waals surface area contributed by atoms with Crippen LogP contribution in [0.4, 0.5) is 5.69 Å². The molecule has 0 fully saturated rings. The molecule has 0 atom stereocenters. The van der Waals surface area contributed by atoms with Crippen LogP contribution in [0.25, 0.3) is 0 Å². The molecule has 0 radical (unpaired) electrons. The van der Waals surface area contributed by atoms with Crippen LogP contribution >= 0.6 is 11.6 Å². The molecule has 0 bridgehead atoms. The van der Waals surface area contributed by atoms with Crippen molar-refractivity contribution < 1.29 is 8.42 Å². The van der Waals surface area contributed by atoms with Gasteiger partial charge in [-0.05, 0) is 30.5 Å². The second-order valence-corrected chi connectivity index (χ2v) is 6.41. The molecular weight excluding hydrogens is 260 g/mol. The summed E-state index contributed by atoms with van der Waals surface area (Å²) in [5.41, 5.74) is 5.95. The van der Waals surface area contributed by atoms with Gasteiger partial charge in [0.2, 0.25) is 10.0 Å². The Balaban J connectivity index is 2.83. The summed E-state index contributed by atoms with van der Waals surface area (Å²) in [7, 11) is -3.54. The van der Waals surface area contributed by atoms with Crippen molar-refractivity contribution in [2.75, 3.05) is 12.3 Å². The largest absolute Gasteiger partial charge is 0.399 e. The summed E-state index contributed by atoms with van der Waals surface area (Å²) in [5.74, 6) is 0.444. The number of hydrogen-bond donors (Lipinski definition) is 2. The third-order valence-electron chi connectivity index (χ3n) is 2.26. The van der Waals surface area contributed by atoms with E-state index < -0.39 is 10.0 Å². The molecule has 17 heavy (non-hydrogen) atoms. The van der Waals surface area contributed by atoms with Gasteiger partial charge in [-0.3, -0.25) is 0 Å². The molecule has 1 rings (SSSR count). The van der Waals surface area contributed by atoms with Crippen molar-refractivity contribution >= 4 is 27.3 Å². The fourth-order valence-electron chi connectivity index (χ4n) is 1.29. The highest BCUT2D eigenvalue weighted by molar-refractivity contribution is 7.89. The molecule has 1 aromatic rings. The van der Waals surface area contributed by atoms with E-state index in [2.05, 4.69) is 4.72 Å². The van der Waals surface area contributed by atoms with E-state index >= 15 is 0 Å². The maximum atomic E-state index is 11.9. The lowest BCUT2D eigenvalue weighted by Gasteiger charge is -2.09. The van der Waals surface area contributed by atoms with E-state index in [1.807, 2.05) is 13.8 Å². The average Bonchev–Trinajstić information content (AvgIpc) is 2.15. The van der Waals surface area contributed by atoms with E-state index in [1.165, 1.54) is 18.2 Å². The summed E-state index contributed by atoms with van der Waals surface area (Å²) in [4.78, 5) is 0.0668. The van der Waals surface area contributed by atoms with Crippen molar-refractivity contribution in [3.8, 4) is 0 Å². The van der Waals surface area contributed by atoms with Gasteiger partial charge in [0.1, 0.15) is 4.90 Å². The topological polar surface area (TPSA) is 72.2 Å². The van der Waals surface area contributed by atoms with E-state index in [-0.39, 0.29) is 9.92 Å². The van der Waals surface area contributed by atoms with Gasteiger partial charge >= 0.3 is 0 Å². The minimum atomic E-state index is -3.54. The molecule has 0 heterocycles. The van der Waals surface area contributed by atoms with E-state index in [4.69, 9.17) is 17.3 Å². The fourth-order valence-corrected chi connectivity index (χ4v) is 2.89. The molecule has 0 spiro atoms. The lowest BCUT2D eigenvalue weighted by Crippen LogP contribution is -2.25. The number of nitrogens with two attached hydrogens (primary N) is 1. The Hall–Kier alpha value is -0.780. The summed E-state index contributed by atoms with van der Waals surface area (Å²) >= 11 is 5.86. The third-order valence-corrected chi connectivity index (χ3v) is 4.20. The van der Waals surface area contributed by atoms with Crippen LogP contribution in [0, 0.1) is 5.92 Å². The first-order valence-electron chi connectivity index (χ1n) is 5.37. The first-order valence-corrected chi connectivity index (χ1v) is 7.23. The van der Waals surface area contributed by atoms with Gasteiger partial charge in [0.05, 0.1) is 5.02 Å². The van der Waals surface area contributed by atoms with Crippen LogP contribution in [0.3, 0.4) is 0 Å². The molecule has 1 aromatic carbocycles. The first kappa shape index (κ1) is 14.3. The number of nitrogen functional groups attached to an aromatic ring is 1. The maximum absolute atomic E-state index is 11.9. The van der Waals surface area contributed by atoms with Crippen molar-refractivity contribution in [2.45, 2.75) is 25.2 Å². The molecule has 0 aromatic heterocycles. The molecule has 4 nitrogen and oxygen atoms in total. The Morgan fingerprint density at radius 2 is 2.06 bits per heavy atom. The monoisotopic (exact) mass is 276 g/mol. The van der Waals surface area contributed by atoms with Gasteiger partial charge in [0, 0.05) is 12.2 Å². The predicted molar refractivity (Wildman–Crippen MR) is 70.5 cm³/mol. The van der Waals surface area contributed by atoms with Crippen molar-refractivity contribution in [2.24, 2.45) is 5.92 Å². The smallest absolute Gasteiger partial charge is 0.242 e. The van der Waals surface area contributed by atoms with Crippen molar-refractivity contribution in [1.29, 1.82) is 0 Å². The zero-order valence-electron chi connectivity index (χ0n) is 9.90. The van der Waals surface area contributed by atoms with Gasteiger partial charge in [-0.1, -0.05) is 25.4 Å². The van der Waals surface area contributed by atoms with Gasteiger partial charge < -0.3 is 5.73 Å². The summed E-state index contributed by atoms with van der Waals surface area (Å²) in [6.45, 7) is 4.47. The predicted octanol–water partition coefficient (Wildman–Crippen LogP) is 2.25. The summed E-state index contributed by atoms with van der Waals surface area (Å²) in [6.07, 6.45) is 0.784. The molecule has 6 heteroatoms. The minimum Gasteiger partial charge on any atom is -0.399 e. The average molecular weight is 277 g/mol. The van der Waals surface area contributed by atoms with Gasteiger partial charge in [-0.15, -0.1) is 0 Å². The van der Waals surface area contributed by atoms with Crippen molar-refractivity contribution in [3.05, 3.63) is 23.2 Å². The zero-order chi connectivity index (χ0) is 13.1. The third kappa shape index (κ3) is 4.18. The molecule has 0 saturated heterocycles. The lowest BCUT2D eigenvalue weighted by atomic mass is 10.1. The standard InChI is InChI=1S/C11H17ClN2O2S/c1-8(2)5-6-14-17(15,16)11-4-3-9(13)7-10(11)12/h3-4,7-8,14H,5-6,13H2,1-2H3. The highest BCUT2D eigenvalue weighted by Gasteiger charge is 2.17. The highest BCUT2D eigenvalue weighted by Crippen LogP contribution is 2.23. The Kier molecular flexibility index (Phi) is 4.80. The number of hydrogen-bond acceptors (Lipinski definition) is 3. The van der Waals surface area contributed by atoms with Gasteiger partial charge in [0.15, 0.2) is 0 Å². The van der Waals surface area contributed by atoms with E-state index in [1.54, 1.807) is 0 Å². The maximum Gasteiger partial charge on any atom is 0.242 e. The SMILES string of the molecule is CC(C)CCNS(=O)(=O)c1ccc(N)cc1Cl. The molecule has 0 aliphatic rings. The first-order chi connectivity index (χ1) is 7.83. The quantitative estimate of drug-likeness (QED) is 0.810. The van der Waals surface area contributed by atoms with Gasteiger partial charge in [-0.25, -0.2) is 13.1 Å². The Morgan fingerprint density at radius 3 is 2.59 bits per heavy atom. The number of sulfonamides is 1. The van der Waals surface area contributed by atoms with E-state index in [9.17, 15) is 8.42 Å². The fraction of sp³-hybridized carbons (Fsp3) is 0.455. The molecule has 96 valence electrons. The van der Waals surface area contributed by atoms with Gasteiger partial charge in [0.25, 0.3) is 0 Å². The number of halogens is 1. The Morgan fingerprint density at radius 1 is 1.41 bits per heavy atom. The minimum absolute atomic E-state index is 0.0668. The van der Waals surface area contributed by atoms with Crippen LogP contribution in [0.2, 0.25) is 5.02 Å². The van der Waals surface area contributed by atoms with Crippen LogP contribution in [-0.2, 0) is 10.0 Å². The second kappa shape index (κ2) is 5.71. The van der Waals surface area contributed by atoms with E-state index in [0.29, 0.717) is 18.2 Å². The number of nitrogens with one attached hydrogen (secondary N) is 1. The van der Waals surface area contributed by atoms with Gasteiger partial charge in [-0.2, -0.15) is 0 Å². The summed E-state index contributed by atoms with van der Waals surface area (Å²) < 4.78 is 26.3. The molecule has 0 aliphatic carbocycles. The lowest BCUT2D eigenvalue weighted by molar-refractivity contribution is 0.551. The van der Waals surface area contributed by atoms with E-state index in [0.717, 1.165) is 6.42 Å². The van der Waals surface area contributed by atoms with Crippen LogP contribution in [0.15, 0.2) is 23.1 Å². The Labute approximate surface area is 107 Å². The number of benzene rings is 1. The summed E-state index contributed by atoms with van der Waals surface area (Å²) in [5, 5.41) is 0.141. The summed E-state index contributed by atoms with van der Waals surface area (Å²) in [6, 6.07) is 4.36. The van der Waals surface area contributed by atoms with Crippen LogP contribution < -0.4 is 10.5 Å². The highest BCUT2D eigenvalue weighted by atomic mass is 35.5. The molecule has 0 amide bonds. The normalized spacial score (nSPS) is 12.0. The molecule has 0 unspecified atom stereocenters. The number of anilines is 1. The van der Waals surface area contributed by atoms with Crippen LogP contribution in [0.5, 0.6) is 0 Å². The van der Waals surface area contributed by atoms with Crippen LogP contribution in [0.1, 0.15) is 20.3 Å². The molecular formula is C11H17ClN2O2S. The Bertz CT molecular complexity index is 486. The zero-order valence-corrected chi connectivity index (χ0v) is 11.5. The van der Waals surface area contributed by atoms with Crippen molar-refractivity contribution in [1.82, 2.24) is 4.72 Å². The molecule has 0 aliphatic heterocycles. The second-order valence-electron chi connectivity index (χ2n) is 4.27. The molecule has 0 saturated carbocycles.